The molecule has 182 valence electrons. The Bertz CT molecular complexity index is 1310. The van der Waals surface area contributed by atoms with Gasteiger partial charge < -0.3 is 9.47 Å². The standard InChI is InChI=1S/C24H19Br2NO7S/c1-14(28)33-12-17-13-35(31,32)23-18(21(25)26)22(29)27(23)19(17)24(30)34-20(15-8-4-2-5-9-15)16-10-6-3-7-11-16/h2-11,20,23H,12-13H2,1H3/t23-/m1/s1. The molecule has 35 heavy (non-hydrogen) atoms. The van der Waals surface area contributed by atoms with Gasteiger partial charge in [-0.3, -0.25) is 14.5 Å². The third-order valence-corrected chi connectivity index (χ3v) is 8.23. The van der Waals surface area contributed by atoms with Crippen LogP contribution in [0.3, 0.4) is 0 Å². The van der Waals surface area contributed by atoms with E-state index in [9.17, 15) is 22.8 Å². The number of sulfone groups is 1. The number of hydrogen-bond acceptors (Lipinski definition) is 7. The molecule has 2 aliphatic heterocycles. The van der Waals surface area contributed by atoms with Crippen molar-refractivity contribution in [1.29, 1.82) is 0 Å². The topological polar surface area (TPSA) is 107 Å². The van der Waals surface area contributed by atoms with E-state index < -0.39 is 51.5 Å². The molecule has 1 atom stereocenters. The van der Waals surface area contributed by atoms with E-state index in [4.69, 9.17) is 9.47 Å². The van der Waals surface area contributed by atoms with E-state index in [1.807, 2.05) is 12.1 Å². The van der Waals surface area contributed by atoms with Crippen molar-refractivity contribution in [2.24, 2.45) is 0 Å². The van der Waals surface area contributed by atoms with Gasteiger partial charge in [-0.2, -0.15) is 0 Å². The third-order valence-electron chi connectivity index (χ3n) is 5.50. The molecule has 0 unspecified atom stereocenters. The summed E-state index contributed by atoms with van der Waals surface area (Å²) in [4.78, 5) is 38.8. The van der Waals surface area contributed by atoms with E-state index in [1.54, 1.807) is 48.5 Å². The zero-order valence-corrected chi connectivity index (χ0v) is 22.3. The van der Waals surface area contributed by atoms with Gasteiger partial charge in [0.1, 0.15) is 12.3 Å². The number of amides is 1. The van der Waals surface area contributed by atoms with Crippen molar-refractivity contribution < 1.29 is 32.3 Å². The monoisotopic (exact) mass is 623 g/mol. The van der Waals surface area contributed by atoms with E-state index in [1.165, 1.54) is 0 Å². The van der Waals surface area contributed by atoms with Crippen LogP contribution in [-0.2, 0) is 33.7 Å². The number of fused-ring (bicyclic) bond motifs is 1. The van der Waals surface area contributed by atoms with E-state index >= 15 is 0 Å². The molecule has 0 bridgehead atoms. The molecule has 11 heteroatoms. The molecule has 8 nitrogen and oxygen atoms in total. The number of halogens is 2. The fourth-order valence-electron chi connectivity index (χ4n) is 3.99. The number of rotatable bonds is 6. The molecule has 2 aliphatic rings. The maximum atomic E-state index is 13.6. The Morgan fingerprint density at radius 2 is 1.57 bits per heavy atom. The Morgan fingerprint density at radius 1 is 1.03 bits per heavy atom. The molecular formula is C24H19Br2NO7S. The quantitative estimate of drug-likeness (QED) is 0.274. The van der Waals surface area contributed by atoms with Crippen molar-refractivity contribution in [3.63, 3.8) is 0 Å². The van der Waals surface area contributed by atoms with Crippen molar-refractivity contribution in [2.45, 2.75) is 18.4 Å². The van der Waals surface area contributed by atoms with Gasteiger partial charge in [-0.15, -0.1) is 0 Å². The van der Waals surface area contributed by atoms with Crippen LogP contribution in [0.15, 0.2) is 80.9 Å². The zero-order valence-electron chi connectivity index (χ0n) is 18.3. The first-order valence-electron chi connectivity index (χ1n) is 10.4. The summed E-state index contributed by atoms with van der Waals surface area (Å²) >= 11 is 6.22. The maximum Gasteiger partial charge on any atom is 0.356 e. The second kappa shape index (κ2) is 10.1. The van der Waals surface area contributed by atoms with Gasteiger partial charge in [0, 0.05) is 12.5 Å². The van der Waals surface area contributed by atoms with Gasteiger partial charge in [0.25, 0.3) is 5.91 Å². The first-order valence-corrected chi connectivity index (χ1v) is 13.7. The normalized spacial score (nSPS) is 18.6. The van der Waals surface area contributed by atoms with Crippen LogP contribution < -0.4 is 0 Å². The Balaban J connectivity index is 1.79. The largest absolute Gasteiger partial charge is 0.461 e. The van der Waals surface area contributed by atoms with Crippen LogP contribution in [0.5, 0.6) is 0 Å². The number of hydrogen-bond donors (Lipinski definition) is 0. The molecule has 1 saturated heterocycles. The van der Waals surface area contributed by atoms with Gasteiger partial charge in [-0.1, -0.05) is 60.7 Å². The van der Waals surface area contributed by atoms with Gasteiger partial charge in [0.15, 0.2) is 21.3 Å². The first kappa shape index (κ1) is 25.3. The second-order valence-electron chi connectivity index (χ2n) is 7.85. The lowest BCUT2D eigenvalue weighted by Crippen LogP contribution is -2.62. The van der Waals surface area contributed by atoms with Gasteiger partial charge in [0.2, 0.25) is 0 Å². The number of β-lactam (4-membered cyclic amide) rings is 1. The van der Waals surface area contributed by atoms with E-state index in [2.05, 4.69) is 31.9 Å². The number of nitrogens with zero attached hydrogens (tertiary/aromatic N) is 1. The molecule has 4 rings (SSSR count). The molecule has 2 aromatic rings. The summed E-state index contributed by atoms with van der Waals surface area (Å²) in [7, 11) is -3.92. The van der Waals surface area contributed by atoms with Crippen LogP contribution in [0, 0.1) is 0 Å². The summed E-state index contributed by atoms with van der Waals surface area (Å²) in [6, 6.07) is 18.1. The van der Waals surface area contributed by atoms with Crippen molar-refractivity contribution in [3.05, 3.63) is 92.0 Å². The Labute approximate surface area is 218 Å². The van der Waals surface area contributed by atoms with Gasteiger partial charge in [-0.05, 0) is 43.0 Å². The third kappa shape index (κ3) is 4.98. The summed E-state index contributed by atoms with van der Waals surface area (Å²) in [6.07, 6.45) is -0.821. The predicted molar refractivity (Wildman–Crippen MR) is 134 cm³/mol. The average molecular weight is 625 g/mol. The van der Waals surface area contributed by atoms with Crippen molar-refractivity contribution in [2.75, 3.05) is 12.4 Å². The lowest BCUT2D eigenvalue weighted by molar-refractivity contribution is -0.149. The average Bonchev–Trinajstić information content (AvgIpc) is 2.81. The van der Waals surface area contributed by atoms with Gasteiger partial charge in [-0.25, -0.2) is 13.2 Å². The summed E-state index contributed by atoms with van der Waals surface area (Å²) in [5, 5.41) is -1.36. The summed E-state index contributed by atoms with van der Waals surface area (Å²) in [5.74, 6) is -2.81. The van der Waals surface area contributed by atoms with Crippen LogP contribution in [0.1, 0.15) is 24.2 Å². The van der Waals surface area contributed by atoms with Gasteiger partial charge in [0.05, 0.1) is 14.7 Å². The fraction of sp³-hybridized carbons (Fsp3) is 0.208. The Kier molecular flexibility index (Phi) is 7.30. The van der Waals surface area contributed by atoms with Crippen LogP contribution in [-0.4, -0.2) is 48.9 Å². The minimum atomic E-state index is -3.92. The Hall–Kier alpha value is -2.76. The SMILES string of the molecule is CC(=O)OCC1=C(C(=O)OC(c2ccccc2)c2ccccc2)N2C(=O)C(=C(Br)Br)[C@H]2S(=O)(=O)C1. The molecule has 0 aromatic heterocycles. The first-order chi connectivity index (χ1) is 16.6. The second-order valence-corrected chi connectivity index (χ2v) is 12.6. The molecular weight excluding hydrogens is 606 g/mol. The Morgan fingerprint density at radius 3 is 2.06 bits per heavy atom. The molecule has 1 amide bonds. The minimum Gasteiger partial charge on any atom is -0.461 e. The predicted octanol–water partition coefficient (Wildman–Crippen LogP) is 3.73. The van der Waals surface area contributed by atoms with Crippen LogP contribution in [0.4, 0.5) is 0 Å². The number of carbonyl (C=O) groups excluding carboxylic acids is 3. The molecule has 0 radical (unpaired) electrons. The summed E-state index contributed by atoms with van der Waals surface area (Å²) in [5.41, 5.74) is 1.09. The number of carbonyl (C=O) groups is 3. The molecule has 2 aromatic carbocycles. The molecule has 0 saturated carbocycles. The van der Waals surface area contributed by atoms with E-state index in [0.29, 0.717) is 11.1 Å². The van der Waals surface area contributed by atoms with Crippen LogP contribution in [0.2, 0.25) is 0 Å². The highest BCUT2D eigenvalue weighted by molar-refractivity contribution is 9.28. The molecule has 0 spiro atoms. The van der Waals surface area contributed by atoms with Crippen molar-refractivity contribution in [1.82, 2.24) is 4.90 Å². The van der Waals surface area contributed by atoms with Gasteiger partial charge >= 0.3 is 11.9 Å². The smallest absolute Gasteiger partial charge is 0.356 e. The summed E-state index contributed by atoms with van der Waals surface area (Å²) < 4.78 is 37.1. The molecule has 0 N–H and O–H groups in total. The highest BCUT2D eigenvalue weighted by Gasteiger charge is 2.58. The highest BCUT2D eigenvalue weighted by Crippen LogP contribution is 2.44. The molecule has 0 aliphatic carbocycles. The fourth-order valence-corrected chi connectivity index (χ4v) is 7.03. The summed E-state index contributed by atoms with van der Waals surface area (Å²) in [6.45, 7) is 0.697. The molecule has 2 heterocycles. The number of benzene rings is 2. The molecule has 1 fully saturated rings. The zero-order chi connectivity index (χ0) is 25.3. The number of esters is 2. The van der Waals surface area contributed by atoms with Crippen molar-refractivity contribution in [3.8, 4) is 0 Å². The van der Waals surface area contributed by atoms with E-state index in [-0.39, 0.29) is 20.2 Å². The number of ether oxygens (including phenoxy) is 2. The minimum absolute atomic E-state index is 0.0236. The highest BCUT2D eigenvalue weighted by atomic mass is 79.9. The lowest BCUT2D eigenvalue weighted by Gasteiger charge is -2.46. The maximum absolute atomic E-state index is 13.6. The lowest BCUT2D eigenvalue weighted by atomic mass is 10.0. The van der Waals surface area contributed by atoms with Crippen LogP contribution in [0.25, 0.3) is 0 Å². The van der Waals surface area contributed by atoms with Crippen LogP contribution >= 0.6 is 31.9 Å². The van der Waals surface area contributed by atoms with E-state index in [0.717, 1.165) is 11.8 Å². The van der Waals surface area contributed by atoms with Crippen molar-refractivity contribution >= 4 is 59.5 Å².